The van der Waals surface area contributed by atoms with Crippen molar-refractivity contribution in [2.24, 2.45) is 0 Å². The standard InChI is InChI=1S/C20H18FN3O3/c21-16-6-8-17(9-7-16)26-13-18-22-19(23-27-18)14-4-3-5-15(12-14)20(25)24-10-1-2-11-24/h3-9,12H,1-2,10-11,13H2. The highest BCUT2D eigenvalue weighted by molar-refractivity contribution is 5.95. The predicted molar refractivity (Wildman–Crippen MR) is 95.6 cm³/mol. The zero-order chi connectivity index (χ0) is 18.6. The smallest absolute Gasteiger partial charge is 0.264 e. The van der Waals surface area contributed by atoms with E-state index in [9.17, 15) is 9.18 Å². The van der Waals surface area contributed by atoms with Gasteiger partial charge in [-0.2, -0.15) is 4.98 Å². The van der Waals surface area contributed by atoms with Crippen LogP contribution in [-0.2, 0) is 6.61 Å². The van der Waals surface area contributed by atoms with Crippen LogP contribution >= 0.6 is 0 Å². The number of carbonyl (C=O) groups excluding carboxylic acids is 1. The molecule has 138 valence electrons. The summed E-state index contributed by atoms with van der Waals surface area (Å²) < 4.78 is 23.6. The number of halogens is 1. The summed E-state index contributed by atoms with van der Waals surface area (Å²) >= 11 is 0. The number of hydrogen-bond donors (Lipinski definition) is 0. The van der Waals surface area contributed by atoms with Gasteiger partial charge in [0.1, 0.15) is 11.6 Å². The molecule has 0 spiro atoms. The van der Waals surface area contributed by atoms with Gasteiger partial charge in [0.15, 0.2) is 6.61 Å². The van der Waals surface area contributed by atoms with Crippen LogP contribution in [0.4, 0.5) is 4.39 Å². The van der Waals surface area contributed by atoms with Crippen molar-refractivity contribution in [2.75, 3.05) is 13.1 Å². The Balaban J connectivity index is 1.45. The fraction of sp³-hybridized carbons (Fsp3) is 0.250. The summed E-state index contributed by atoms with van der Waals surface area (Å²) in [5, 5.41) is 3.96. The molecule has 0 unspecified atom stereocenters. The number of hydrogen-bond acceptors (Lipinski definition) is 5. The van der Waals surface area contributed by atoms with E-state index in [1.165, 1.54) is 24.3 Å². The SMILES string of the molecule is O=C(c1cccc(-c2noc(COc3ccc(F)cc3)n2)c1)N1CCCC1. The molecule has 1 aliphatic rings. The Labute approximate surface area is 155 Å². The maximum atomic E-state index is 12.9. The molecule has 27 heavy (non-hydrogen) atoms. The Bertz CT molecular complexity index is 934. The molecule has 0 atom stereocenters. The molecule has 0 saturated carbocycles. The lowest BCUT2D eigenvalue weighted by Gasteiger charge is -2.15. The lowest BCUT2D eigenvalue weighted by molar-refractivity contribution is 0.0793. The van der Waals surface area contributed by atoms with Crippen LogP contribution in [0.1, 0.15) is 29.1 Å². The number of benzene rings is 2. The van der Waals surface area contributed by atoms with Gasteiger partial charge in [-0.05, 0) is 49.2 Å². The number of ether oxygens (including phenoxy) is 1. The topological polar surface area (TPSA) is 68.5 Å². The Morgan fingerprint density at radius 2 is 1.93 bits per heavy atom. The van der Waals surface area contributed by atoms with Crippen LogP contribution in [0.2, 0.25) is 0 Å². The highest BCUT2D eigenvalue weighted by atomic mass is 19.1. The Hall–Kier alpha value is -3.22. The summed E-state index contributed by atoms with van der Waals surface area (Å²) in [4.78, 5) is 18.7. The van der Waals surface area contributed by atoms with E-state index in [0.717, 1.165) is 25.9 Å². The number of likely N-dealkylation sites (tertiary alicyclic amines) is 1. The van der Waals surface area contributed by atoms with E-state index < -0.39 is 0 Å². The summed E-state index contributed by atoms with van der Waals surface area (Å²) in [7, 11) is 0. The predicted octanol–water partition coefficient (Wildman–Crippen LogP) is 3.69. The fourth-order valence-corrected chi connectivity index (χ4v) is 3.00. The average molecular weight is 367 g/mol. The normalized spacial score (nSPS) is 13.7. The van der Waals surface area contributed by atoms with Crippen molar-refractivity contribution in [3.63, 3.8) is 0 Å². The van der Waals surface area contributed by atoms with Gasteiger partial charge in [0.25, 0.3) is 11.8 Å². The monoisotopic (exact) mass is 367 g/mol. The summed E-state index contributed by atoms with van der Waals surface area (Å²) in [6.45, 7) is 1.68. The summed E-state index contributed by atoms with van der Waals surface area (Å²) in [6, 6.07) is 12.9. The van der Waals surface area contributed by atoms with Crippen molar-refractivity contribution < 1.29 is 18.4 Å². The van der Waals surface area contributed by atoms with Gasteiger partial charge in [-0.15, -0.1) is 0 Å². The second-order valence-corrected chi connectivity index (χ2v) is 6.33. The van der Waals surface area contributed by atoms with Crippen LogP contribution in [0, 0.1) is 5.82 Å². The molecule has 2 aromatic carbocycles. The van der Waals surface area contributed by atoms with Gasteiger partial charge in [-0.3, -0.25) is 4.79 Å². The van der Waals surface area contributed by atoms with Gasteiger partial charge < -0.3 is 14.2 Å². The van der Waals surface area contributed by atoms with Crippen molar-refractivity contribution in [2.45, 2.75) is 19.4 Å². The van der Waals surface area contributed by atoms with Crippen molar-refractivity contribution >= 4 is 5.91 Å². The first-order chi connectivity index (χ1) is 13.2. The van der Waals surface area contributed by atoms with E-state index in [-0.39, 0.29) is 18.3 Å². The third kappa shape index (κ3) is 3.97. The van der Waals surface area contributed by atoms with E-state index in [0.29, 0.717) is 28.6 Å². The highest BCUT2D eigenvalue weighted by Gasteiger charge is 2.20. The first-order valence-electron chi connectivity index (χ1n) is 8.80. The lowest BCUT2D eigenvalue weighted by atomic mass is 10.1. The number of aromatic nitrogens is 2. The molecule has 1 aliphatic heterocycles. The van der Waals surface area contributed by atoms with Crippen molar-refractivity contribution in [1.82, 2.24) is 15.0 Å². The van der Waals surface area contributed by atoms with Gasteiger partial charge in [-0.25, -0.2) is 4.39 Å². The van der Waals surface area contributed by atoms with Crippen molar-refractivity contribution in [1.29, 1.82) is 0 Å². The van der Waals surface area contributed by atoms with Crippen molar-refractivity contribution in [3.05, 3.63) is 65.8 Å². The minimum atomic E-state index is -0.328. The Morgan fingerprint density at radius 3 is 2.70 bits per heavy atom. The van der Waals surface area contributed by atoms with Gasteiger partial charge in [0, 0.05) is 24.2 Å². The van der Waals surface area contributed by atoms with Crippen LogP contribution in [0.5, 0.6) is 5.75 Å². The second kappa shape index (κ2) is 7.57. The lowest BCUT2D eigenvalue weighted by Crippen LogP contribution is -2.27. The minimum Gasteiger partial charge on any atom is -0.484 e. The molecule has 0 radical (unpaired) electrons. The quantitative estimate of drug-likeness (QED) is 0.688. The average Bonchev–Trinajstić information content (AvgIpc) is 3.39. The van der Waals surface area contributed by atoms with Crippen LogP contribution in [0.3, 0.4) is 0 Å². The molecule has 7 heteroatoms. The summed E-state index contributed by atoms with van der Waals surface area (Å²) in [5.74, 6) is 0.896. The minimum absolute atomic E-state index is 0.0257. The van der Waals surface area contributed by atoms with Crippen molar-refractivity contribution in [3.8, 4) is 17.1 Å². The molecule has 0 N–H and O–H groups in total. The van der Waals surface area contributed by atoms with Gasteiger partial charge in [-0.1, -0.05) is 17.3 Å². The maximum absolute atomic E-state index is 12.9. The van der Waals surface area contributed by atoms with E-state index in [2.05, 4.69) is 10.1 Å². The van der Waals surface area contributed by atoms with E-state index in [4.69, 9.17) is 9.26 Å². The van der Waals surface area contributed by atoms with Gasteiger partial charge in [0.05, 0.1) is 0 Å². The number of nitrogens with zero attached hydrogens (tertiary/aromatic N) is 3. The summed E-state index contributed by atoms with van der Waals surface area (Å²) in [6.07, 6.45) is 2.10. The Kier molecular flexibility index (Phi) is 4.82. The molecule has 6 nitrogen and oxygen atoms in total. The van der Waals surface area contributed by atoms with Gasteiger partial charge >= 0.3 is 0 Å². The molecular weight excluding hydrogens is 349 g/mol. The zero-order valence-corrected chi connectivity index (χ0v) is 14.6. The van der Waals surface area contributed by atoms with Crippen LogP contribution < -0.4 is 4.74 Å². The molecule has 1 aromatic heterocycles. The molecule has 3 aromatic rings. The first-order valence-corrected chi connectivity index (χ1v) is 8.80. The third-order valence-electron chi connectivity index (χ3n) is 4.41. The van der Waals surface area contributed by atoms with Crippen LogP contribution in [-0.4, -0.2) is 34.0 Å². The number of carbonyl (C=O) groups is 1. The van der Waals surface area contributed by atoms with E-state index >= 15 is 0 Å². The molecule has 4 rings (SSSR count). The molecule has 1 amide bonds. The Morgan fingerprint density at radius 1 is 1.15 bits per heavy atom. The largest absolute Gasteiger partial charge is 0.484 e. The van der Waals surface area contributed by atoms with E-state index in [1.807, 2.05) is 17.0 Å². The number of rotatable bonds is 5. The molecular formula is C20H18FN3O3. The fourth-order valence-electron chi connectivity index (χ4n) is 3.00. The zero-order valence-electron chi connectivity index (χ0n) is 14.6. The van der Waals surface area contributed by atoms with Crippen LogP contribution in [0.15, 0.2) is 53.1 Å². The second-order valence-electron chi connectivity index (χ2n) is 6.33. The van der Waals surface area contributed by atoms with E-state index in [1.54, 1.807) is 12.1 Å². The molecule has 0 aliphatic carbocycles. The third-order valence-corrected chi connectivity index (χ3v) is 4.41. The van der Waals surface area contributed by atoms with Crippen LogP contribution in [0.25, 0.3) is 11.4 Å². The molecule has 1 saturated heterocycles. The first kappa shape index (κ1) is 17.2. The highest BCUT2D eigenvalue weighted by Crippen LogP contribution is 2.20. The van der Waals surface area contributed by atoms with Gasteiger partial charge in [0.2, 0.25) is 5.82 Å². The molecule has 2 heterocycles. The molecule has 1 fully saturated rings. The molecule has 0 bridgehead atoms. The number of amides is 1. The maximum Gasteiger partial charge on any atom is 0.264 e. The summed E-state index contributed by atoms with van der Waals surface area (Å²) in [5.41, 5.74) is 1.32.